The van der Waals surface area contributed by atoms with Crippen LogP contribution in [0.15, 0.2) is 48.5 Å². The summed E-state index contributed by atoms with van der Waals surface area (Å²) < 4.78 is 40.0. The normalized spacial score (nSPS) is 13.0. The van der Waals surface area contributed by atoms with Crippen molar-refractivity contribution in [2.75, 3.05) is 0 Å². The van der Waals surface area contributed by atoms with E-state index in [1.807, 2.05) is 31.2 Å². The minimum absolute atomic E-state index is 0.306. The molecule has 1 N–H and O–H groups in total. The average Bonchev–Trinajstić information content (AvgIpc) is 2.46. The third kappa shape index (κ3) is 4.23. The quantitative estimate of drug-likeness (QED) is 0.915. The molecule has 0 aliphatic heterocycles. The lowest BCUT2D eigenvalue weighted by Gasteiger charge is -2.13. The van der Waals surface area contributed by atoms with Crippen molar-refractivity contribution < 1.29 is 23.0 Å². The van der Waals surface area contributed by atoms with Crippen molar-refractivity contribution in [2.24, 2.45) is 0 Å². The Balaban J connectivity index is 2.13. The molecule has 0 saturated carbocycles. The van der Waals surface area contributed by atoms with E-state index in [0.29, 0.717) is 11.1 Å². The highest BCUT2D eigenvalue weighted by molar-refractivity contribution is 5.35. The van der Waals surface area contributed by atoms with Gasteiger partial charge in [0.05, 0.1) is 0 Å². The summed E-state index contributed by atoms with van der Waals surface area (Å²) in [6.07, 6.45) is -4.69. The van der Waals surface area contributed by atoms with Gasteiger partial charge < -0.3 is 9.84 Å². The first-order valence-corrected chi connectivity index (χ1v) is 6.51. The molecule has 5 heteroatoms. The number of benzene rings is 2. The van der Waals surface area contributed by atoms with Crippen molar-refractivity contribution >= 4 is 0 Å². The number of halogens is 3. The number of aliphatic hydroxyl groups excluding tert-OH is 1. The SMILES string of the molecule is CCc1ccc(C(O)c2ccc(OC(F)(F)F)cc2)cc1. The van der Waals surface area contributed by atoms with Gasteiger partial charge in [0.2, 0.25) is 0 Å². The van der Waals surface area contributed by atoms with Crippen LogP contribution in [0.2, 0.25) is 0 Å². The van der Waals surface area contributed by atoms with E-state index < -0.39 is 12.5 Å². The largest absolute Gasteiger partial charge is 0.573 e. The lowest BCUT2D eigenvalue weighted by atomic mass is 10.00. The topological polar surface area (TPSA) is 29.5 Å². The van der Waals surface area contributed by atoms with Crippen molar-refractivity contribution in [3.63, 3.8) is 0 Å². The third-order valence-electron chi connectivity index (χ3n) is 3.13. The Hall–Kier alpha value is -2.01. The highest BCUT2D eigenvalue weighted by Gasteiger charge is 2.31. The van der Waals surface area contributed by atoms with Gasteiger partial charge in [0.1, 0.15) is 11.9 Å². The van der Waals surface area contributed by atoms with Crippen molar-refractivity contribution in [1.82, 2.24) is 0 Å². The molecule has 0 heterocycles. The Kier molecular flexibility index (Phi) is 4.53. The minimum atomic E-state index is -4.71. The lowest BCUT2D eigenvalue weighted by Crippen LogP contribution is -2.17. The van der Waals surface area contributed by atoms with Gasteiger partial charge >= 0.3 is 6.36 Å². The van der Waals surface area contributed by atoms with E-state index >= 15 is 0 Å². The molecule has 0 aliphatic rings. The van der Waals surface area contributed by atoms with Crippen LogP contribution in [0.4, 0.5) is 13.2 Å². The molecule has 2 nitrogen and oxygen atoms in total. The van der Waals surface area contributed by atoms with E-state index in [-0.39, 0.29) is 5.75 Å². The molecule has 112 valence electrons. The van der Waals surface area contributed by atoms with Gasteiger partial charge in [0.15, 0.2) is 0 Å². The van der Waals surface area contributed by atoms with Crippen LogP contribution < -0.4 is 4.74 Å². The molecule has 1 unspecified atom stereocenters. The first kappa shape index (κ1) is 15.4. The van der Waals surface area contributed by atoms with Crippen LogP contribution in [0.25, 0.3) is 0 Å². The zero-order valence-electron chi connectivity index (χ0n) is 11.4. The number of ether oxygens (including phenoxy) is 1. The van der Waals surface area contributed by atoms with Gasteiger partial charge in [0, 0.05) is 0 Å². The van der Waals surface area contributed by atoms with Gasteiger partial charge in [-0.25, -0.2) is 0 Å². The molecule has 0 saturated heterocycles. The second-order valence-electron chi connectivity index (χ2n) is 4.61. The summed E-state index contributed by atoms with van der Waals surface area (Å²) in [4.78, 5) is 0. The first-order valence-electron chi connectivity index (χ1n) is 6.51. The molecule has 0 aliphatic carbocycles. The van der Waals surface area contributed by atoms with E-state index in [9.17, 15) is 18.3 Å². The maximum absolute atomic E-state index is 12.1. The predicted octanol–water partition coefficient (Wildman–Crippen LogP) is 4.23. The zero-order chi connectivity index (χ0) is 15.5. The summed E-state index contributed by atoms with van der Waals surface area (Å²) >= 11 is 0. The molecule has 0 aromatic heterocycles. The van der Waals surface area contributed by atoms with Crippen LogP contribution in [0.1, 0.15) is 29.7 Å². The number of alkyl halides is 3. The highest BCUT2D eigenvalue weighted by atomic mass is 19.4. The lowest BCUT2D eigenvalue weighted by molar-refractivity contribution is -0.274. The summed E-state index contributed by atoms with van der Waals surface area (Å²) in [5, 5.41) is 10.2. The fraction of sp³-hybridized carbons (Fsp3) is 0.250. The molecule has 0 amide bonds. The molecule has 21 heavy (non-hydrogen) atoms. The van der Waals surface area contributed by atoms with Gasteiger partial charge in [-0.2, -0.15) is 0 Å². The standard InChI is InChI=1S/C16H15F3O2/c1-2-11-3-5-12(6-4-11)15(20)13-7-9-14(10-8-13)21-16(17,18)19/h3-10,15,20H,2H2,1H3. The summed E-state index contributed by atoms with van der Waals surface area (Å²) in [6, 6.07) is 12.7. The molecule has 1 atom stereocenters. The highest BCUT2D eigenvalue weighted by Crippen LogP contribution is 2.27. The Bertz CT molecular complexity index is 574. The van der Waals surface area contributed by atoms with Gasteiger partial charge in [-0.15, -0.1) is 13.2 Å². The van der Waals surface area contributed by atoms with Gasteiger partial charge in [-0.05, 0) is 35.2 Å². The zero-order valence-corrected chi connectivity index (χ0v) is 11.4. The Morgan fingerprint density at radius 3 is 1.86 bits per heavy atom. The number of hydrogen-bond acceptors (Lipinski definition) is 2. The first-order chi connectivity index (χ1) is 9.89. The van der Waals surface area contributed by atoms with Crippen LogP contribution in [-0.4, -0.2) is 11.5 Å². The van der Waals surface area contributed by atoms with Crippen LogP contribution in [0.3, 0.4) is 0 Å². The smallest absolute Gasteiger partial charge is 0.406 e. The Labute approximate surface area is 120 Å². The van der Waals surface area contributed by atoms with Gasteiger partial charge in [0.25, 0.3) is 0 Å². The molecule has 0 fully saturated rings. The average molecular weight is 296 g/mol. The van der Waals surface area contributed by atoms with Crippen LogP contribution >= 0.6 is 0 Å². The van der Waals surface area contributed by atoms with E-state index in [0.717, 1.165) is 12.0 Å². The summed E-state index contributed by atoms with van der Waals surface area (Å²) in [6.45, 7) is 2.03. The van der Waals surface area contributed by atoms with Crippen LogP contribution in [0.5, 0.6) is 5.75 Å². The maximum atomic E-state index is 12.1. The summed E-state index contributed by atoms with van der Waals surface area (Å²) in [5.41, 5.74) is 2.35. The van der Waals surface area contributed by atoms with E-state index in [1.54, 1.807) is 0 Å². The third-order valence-corrected chi connectivity index (χ3v) is 3.13. The molecular weight excluding hydrogens is 281 g/mol. The molecule has 2 aromatic carbocycles. The number of aryl methyl sites for hydroxylation is 1. The molecule has 0 spiro atoms. The monoisotopic (exact) mass is 296 g/mol. The van der Waals surface area contributed by atoms with Crippen LogP contribution in [-0.2, 0) is 6.42 Å². The summed E-state index contributed by atoms with van der Waals surface area (Å²) in [7, 11) is 0. The molecular formula is C16H15F3O2. The van der Waals surface area contributed by atoms with Crippen molar-refractivity contribution in [3.8, 4) is 5.75 Å². The Morgan fingerprint density at radius 2 is 1.43 bits per heavy atom. The number of rotatable bonds is 4. The van der Waals surface area contributed by atoms with Gasteiger partial charge in [-0.1, -0.05) is 43.3 Å². The maximum Gasteiger partial charge on any atom is 0.573 e. The molecule has 0 radical (unpaired) electrons. The van der Waals surface area contributed by atoms with Crippen LogP contribution in [0, 0.1) is 0 Å². The minimum Gasteiger partial charge on any atom is -0.406 e. The Morgan fingerprint density at radius 1 is 0.952 bits per heavy atom. The molecule has 0 bridgehead atoms. The second kappa shape index (κ2) is 6.18. The molecule has 2 rings (SSSR count). The van der Waals surface area contributed by atoms with E-state index in [4.69, 9.17) is 0 Å². The van der Waals surface area contributed by atoms with Crippen molar-refractivity contribution in [1.29, 1.82) is 0 Å². The second-order valence-corrected chi connectivity index (χ2v) is 4.61. The predicted molar refractivity (Wildman–Crippen MR) is 73.0 cm³/mol. The fourth-order valence-corrected chi connectivity index (χ4v) is 1.98. The fourth-order valence-electron chi connectivity index (χ4n) is 1.98. The van der Waals surface area contributed by atoms with E-state index in [1.165, 1.54) is 24.3 Å². The number of hydrogen-bond donors (Lipinski definition) is 1. The van der Waals surface area contributed by atoms with E-state index in [2.05, 4.69) is 4.74 Å². The molecule has 2 aromatic rings. The van der Waals surface area contributed by atoms with Gasteiger partial charge in [-0.3, -0.25) is 0 Å². The summed E-state index contributed by atoms with van der Waals surface area (Å²) in [5.74, 6) is -0.306. The number of aliphatic hydroxyl groups is 1. The van der Waals surface area contributed by atoms with Crippen molar-refractivity contribution in [3.05, 3.63) is 65.2 Å². The van der Waals surface area contributed by atoms with Crippen molar-refractivity contribution in [2.45, 2.75) is 25.8 Å².